The molecule has 2 aromatic carbocycles. The predicted octanol–water partition coefficient (Wildman–Crippen LogP) is 2.90. The van der Waals surface area contributed by atoms with Gasteiger partial charge in [0.25, 0.3) is 0 Å². The first-order valence-electron chi connectivity index (χ1n) is 7.68. The second-order valence-electron chi connectivity index (χ2n) is 5.36. The molecule has 0 spiro atoms. The Morgan fingerprint density at radius 2 is 1.58 bits per heavy atom. The highest BCUT2D eigenvalue weighted by molar-refractivity contribution is 7.89. The van der Waals surface area contributed by atoms with Gasteiger partial charge in [-0.3, -0.25) is 4.79 Å². The van der Waals surface area contributed by atoms with Gasteiger partial charge in [-0.1, -0.05) is 36.4 Å². The first kappa shape index (κ1) is 18.3. The van der Waals surface area contributed by atoms with Crippen LogP contribution < -0.4 is 4.72 Å². The number of ether oxygens (including phenoxy) is 1. The Morgan fingerprint density at radius 1 is 1.00 bits per heavy atom. The molecule has 0 unspecified atom stereocenters. The monoisotopic (exact) mass is 347 g/mol. The number of hydrogen-bond acceptors (Lipinski definition) is 4. The lowest BCUT2D eigenvalue weighted by Gasteiger charge is -2.08. The third kappa shape index (κ3) is 4.99. The molecule has 0 aliphatic rings. The molecule has 6 heteroatoms. The van der Waals surface area contributed by atoms with Crippen molar-refractivity contribution in [2.24, 2.45) is 0 Å². The molecule has 5 nitrogen and oxygen atoms in total. The number of carbonyl (C=O) groups excluding carboxylic acids is 1. The van der Waals surface area contributed by atoms with E-state index >= 15 is 0 Å². The van der Waals surface area contributed by atoms with Crippen molar-refractivity contribution < 1.29 is 17.9 Å². The van der Waals surface area contributed by atoms with Gasteiger partial charge >= 0.3 is 0 Å². The summed E-state index contributed by atoms with van der Waals surface area (Å²) in [5.41, 5.74) is 2.39. The number of carbonyl (C=O) groups is 1. The number of hydrogen-bond donors (Lipinski definition) is 1. The zero-order chi connectivity index (χ0) is 17.6. The van der Waals surface area contributed by atoms with Crippen LogP contribution >= 0.6 is 0 Å². The van der Waals surface area contributed by atoms with Crippen LogP contribution in [0.2, 0.25) is 0 Å². The van der Waals surface area contributed by atoms with Gasteiger partial charge in [-0.15, -0.1) is 0 Å². The van der Waals surface area contributed by atoms with Crippen molar-refractivity contribution in [3.8, 4) is 0 Å². The SMILES string of the molecule is CCOCc1ccc(CNS(=O)(=O)c2ccc(C(C)=O)cc2)cc1. The highest BCUT2D eigenvalue weighted by Crippen LogP contribution is 2.12. The number of ketones is 1. The molecule has 0 aromatic heterocycles. The Kier molecular flexibility index (Phi) is 6.25. The molecule has 2 aromatic rings. The van der Waals surface area contributed by atoms with Gasteiger partial charge in [0.1, 0.15) is 0 Å². The fourth-order valence-corrected chi connectivity index (χ4v) is 3.12. The van der Waals surface area contributed by atoms with Crippen molar-refractivity contribution in [1.82, 2.24) is 4.72 Å². The van der Waals surface area contributed by atoms with Crippen LogP contribution in [0.3, 0.4) is 0 Å². The summed E-state index contributed by atoms with van der Waals surface area (Å²) in [6, 6.07) is 13.5. The van der Waals surface area contributed by atoms with Crippen molar-refractivity contribution in [1.29, 1.82) is 0 Å². The van der Waals surface area contributed by atoms with Crippen molar-refractivity contribution in [3.63, 3.8) is 0 Å². The Morgan fingerprint density at radius 3 is 2.12 bits per heavy atom. The van der Waals surface area contributed by atoms with E-state index in [1.54, 1.807) is 0 Å². The lowest BCUT2D eigenvalue weighted by molar-refractivity contribution is 0.101. The molecule has 0 radical (unpaired) electrons. The Labute approximate surface area is 142 Å². The van der Waals surface area contributed by atoms with E-state index in [1.165, 1.54) is 31.2 Å². The summed E-state index contributed by atoms with van der Waals surface area (Å²) in [4.78, 5) is 11.4. The van der Waals surface area contributed by atoms with Crippen molar-refractivity contribution in [2.75, 3.05) is 6.61 Å². The van der Waals surface area contributed by atoms with E-state index in [9.17, 15) is 13.2 Å². The van der Waals surface area contributed by atoms with E-state index in [1.807, 2.05) is 31.2 Å². The standard InChI is InChI=1S/C18H21NO4S/c1-3-23-13-16-6-4-15(5-7-16)12-19-24(21,22)18-10-8-17(9-11-18)14(2)20/h4-11,19H,3,12-13H2,1-2H3. The molecule has 0 atom stereocenters. The van der Waals surface area contributed by atoms with Gasteiger partial charge in [-0.25, -0.2) is 13.1 Å². The fourth-order valence-electron chi connectivity index (χ4n) is 2.10. The largest absolute Gasteiger partial charge is 0.377 e. The lowest BCUT2D eigenvalue weighted by atomic mass is 10.1. The Hall–Kier alpha value is -2.02. The quantitative estimate of drug-likeness (QED) is 0.745. The fraction of sp³-hybridized carbons (Fsp3) is 0.278. The average Bonchev–Trinajstić information content (AvgIpc) is 2.59. The normalized spacial score (nSPS) is 11.4. The maximum absolute atomic E-state index is 12.3. The first-order chi connectivity index (χ1) is 11.4. The highest BCUT2D eigenvalue weighted by Gasteiger charge is 2.14. The minimum Gasteiger partial charge on any atom is -0.377 e. The molecular formula is C18H21NO4S. The van der Waals surface area contributed by atoms with Gasteiger partial charge in [0.05, 0.1) is 11.5 Å². The van der Waals surface area contributed by atoms with Gasteiger partial charge in [0, 0.05) is 18.7 Å². The first-order valence-corrected chi connectivity index (χ1v) is 9.17. The van der Waals surface area contributed by atoms with Crippen molar-refractivity contribution in [3.05, 3.63) is 65.2 Å². The predicted molar refractivity (Wildman–Crippen MR) is 92.2 cm³/mol. The number of sulfonamides is 1. The zero-order valence-corrected chi connectivity index (χ0v) is 14.6. The number of nitrogens with one attached hydrogen (secondary N) is 1. The minimum atomic E-state index is -3.61. The molecule has 0 saturated heterocycles. The molecule has 128 valence electrons. The van der Waals surface area contributed by atoms with Crippen LogP contribution in [0.1, 0.15) is 35.3 Å². The molecule has 0 aliphatic heterocycles. The molecule has 0 fully saturated rings. The molecule has 1 N–H and O–H groups in total. The van der Waals surface area contributed by atoms with E-state index < -0.39 is 10.0 Å². The summed E-state index contributed by atoms with van der Waals surface area (Å²) >= 11 is 0. The summed E-state index contributed by atoms with van der Waals surface area (Å²) in [7, 11) is -3.61. The minimum absolute atomic E-state index is 0.0981. The van der Waals surface area contributed by atoms with Gasteiger partial charge in [0.15, 0.2) is 5.78 Å². The third-order valence-electron chi connectivity index (χ3n) is 3.53. The van der Waals surface area contributed by atoms with Gasteiger partial charge < -0.3 is 4.74 Å². The van der Waals surface area contributed by atoms with Gasteiger partial charge in [-0.05, 0) is 37.1 Å². The van der Waals surface area contributed by atoms with Crippen LogP contribution in [-0.4, -0.2) is 20.8 Å². The molecule has 0 saturated carbocycles. The van der Waals surface area contributed by atoms with Crippen LogP contribution in [0.5, 0.6) is 0 Å². The molecular weight excluding hydrogens is 326 g/mol. The molecule has 0 heterocycles. The van der Waals surface area contributed by atoms with E-state index in [-0.39, 0.29) is 17.2 Å². The topological polar surface area (TPSA) is 72.5 Å². The molecule has 0 aliphatic carbocycles. The lowest BCUT2D eigenvalue weighted by Crippen LogP contribution is -2.23. The second-order valence-corrected chi connectivity index (χ2v) is 7.13. The summed E-state index contributed by atoms with van der Waals surface area (Å²) < 4.78 is 32.4. The summed E-state index contributed by atoms with van der Waals surface area (Å²) in [5, 5.41) is 0. The molecule has 2 rings (SSSR count). The summed E-state index contributed by atoms with van der Waals surface area (Å²) in [6.07, 6.45) is 0. The number of Topliss-reactive ketones (excluding diaryl/α,β-unsaturated/α-hetero) is 1. The van der Waals surface area contributed by atoms with E-state index in [0.29, 0.717) is 18.8 Å². The van der Waals surface area contributed by atoms with Gasteiger partial charge in [-0.2, -0.15) is 0 Å². The smallest absolute Gasteiger partial charge is 0.240 e. The molecule has 0 amide bonds. The summed E-state index contributed by atoms with van der Waals surface area (Å²) in [6.45, 7) is 4.78. The number of benzene rings is 2. The summed E-state index contributed by atoms with van der Waals surface area (Å²) in [5.74, 6) is -0.0981. The maximum atomic E-state index is 12.3. The van der Waals surface area contributed by atoms with Crippen LogP contribution in [0.15, 0.2) is 53.4 Å². The van der Waals surface area contributed by atoms with Crippen LogP contribution in [0.25, 0.3) is 0 Å². The van der Waals surface area contributed by atoms with Crippen LogP contribution in [0, 0.1) is 0 Å². The number of rotatable bonds is 8. The van der Waals surface area contributed by atoms with E-state index in [2.05, 4.69) is 4.72 Å². The molecule has 24 heavy (non-hydrogen) atoms. The third-order valence-corrected chi connectivity index (χ3v) is 4.95. The molecule has 0 bridgehead atoms. The van der Waals surface area contributed by atoms with E-state index in [0.717, 1.165) is 11.1 Å². The maximum Gasteiger partial charge on any atom is 0.240 e. The highest BCUT2D eigenvalue weighted by atomic mass is 32.2. The Bertz CT molecular complexity index is 781. The van der Waals surface area contributed by atoms with Gasteiger partial charge in [0.2, 0.25) is 10.0 Å². The second kappa shape index (κ2) is 8.19. The van der Waals surface area contributed by atoms with Crippen LogP contribution in [0.4, 0.5) is 0 Å². The van der Waals surface area contributed by atoms with Crippen molar-refractivity contribution in [2.45, 2.75) is 31.9 Å². The average molecular weight is 347 g/mol. The Balaban J connectivity index is 2.00. The van der Waals surface area contributed by atoms with E-state index in [4.69, 9.17) is 4.74 Å². The van der Waals surface area contributed by atoms with Crippen molar-refractivity contribution >= 4 is 15.8 Å². The zero-order valence-electron chi connectivity index (χ0n) is 13.8. The van der Waals surface area contributed by atoms with Crippen LogP contribution in [-0.2, 0) is 27.9 Å².